The number of anilines is 1. The molecule has 1 heterocycles. The van der Waals surface area contributed by atoms with Crippen molar-refractivity contribution in [3.63, 3.8) is 0 Å². The van der Waals surface area contributed by atoms with E-state index in [1.807, 2.05) is 17.4 Å². The first-order chi connectivity index (χ1) is 11.0. The van der Waals surface area contributed by atoms with E-state index in [0.717, 1.165) is 10.7 Å². The lowest BCUT2D eigenvalue weighted by molar-refractivity contribution is -0.120. The quantitative estimate of drug-likeness (QED) is 0.273. The highest BCUT2D eigenvalue weighted by Crippen LogP contribution is 2.13. The van der Waals surface area contributed by atoms with Crippen LogP contribution in [0.4, 0.5) is 10.5 Å². The molecule has 0 radical (unpaired) electrons. The molecule has 1 atom stereocenters. The zero-order valence-electron chi connectivity index (χ0n) is 11.7. The maximum Gasteiger partial charge on any atom is 0.322 e. The fourth-order valence-electron chi connectivity index (χ4n) is 1.65. The van der Waals surface area contributed by atoms with E-state index in [9.17, 15) is 14.4 Å². The Hall–Kier alpha value is -2.75. The van der Waals surface area contributed by atoms with Crippen LogP contribution < -0.4 is 21.4 Å². The topological polar surface area (TPSA) is 136 Å². The van der Waals surface area contributed by atoms with Crippen molar-refractivity contribution in [2.75, 3.05) is 12.0 Å². The first kappa shape index (κ1) is 16.6. The van der Waals surface area contributed by atoms with E-state index in [1.54, 1.807) is 12.1 Å². The number of hydrogen-bond acceptors (Lipinski definition) is 6. The Kier molecular flexibility index (Phi) is 5.41. The van der Waals surface area contributed by atoms with Crippen molar-refractivity contribution in [1.29, 1.82) is 5.41 Å². The lowest BCUT2D eigenvalue weighted by atomic mass is 10.3. The molecule has 1 aromatic rings. The van der Waals surface area contributed by atoms with Crippen LogP contribution in [0, 0.1) is 5.41 Å². The Labute approximate surface area is 139 Å². The molecule has 23 heavy (non-hydrogen) atoms. The van der Waals surface area contributed by atoms with Crippen LogP contribution >= 0.6 is 15.9 Å². The molecule has 0 aromatic heterocycles. The largest absolute Gasteiger partial charge is 0.348 e. The number of carbonyl (C=O) groups excluding carboxylic acids is 3. The van der Waals surface area contributed by atoms with Crippen LogP contribution in [0.3, 0.4) is 0 Å². The van der Waals surface area contributed by atoms with Gasteiger partial charge in [-0.1, -0.05) is 15.9 Å². The number of carbonyl (C=O) groups is 3. The third kappa shape index (κ3) is 4.88. The molecule has 0 saturated carbocycles. The van der Waals surface area contributed by atoms with E-state index in [2.05, 4.69) is 37.1 Å². The molecule has 0 unspecified atom stereocenters. The lowest BCUT2D eigenvalue weighted by Gasteiger charge is -2.08. The Morgan fingerprint density at radius 2 is 2.04 bits per heavy atom. The summed E-state index contributed by atoms with van der Waals surface area (Å²) in [6.45, 7) is -0.104. The second-order valence-electron chi connectivity index (χ2n) is 4.52. The number of nitrogens with one attached hydrogen (secondary N) is 5. The van der Waals surface area contributed by atoms with Crippen molar-refractivity contribution in [2.24, 2.45) is 5.10 Å². The van der Waals surface area contributed by atoms with Crippen molar-refractivity contribution in [3.05, 3.63) is 28.7 Å². The highest BCUT2D eigenvalue weighted by molar-refractivity contribution is 9.10. The number of hydrogen-bond donors (Lipinski definition) is 5. The van der Waals surface area contributed by atoms with Crippen LogP contribution in [-0.4, -0.2) is 42.4 Å². The Morgan fingerprint density at radius 3 is 2.65 bits per heavy atom. The molecule has 4 amide bonds. The van der Waals surface area contributed by atoms with Crippen LogP contribution in [0.1, 0.15) is 0 Å². The van der Waals surface area contributed by atoms with Gasteiger partial charge in [0.15, 0.2) is 0 Å². The minimum Gasteiger partial charge on any atom is -0.348 e. The summed E-state index contributed by atoms with van der Waals surface area (Å²) < 4.78 is 0.919. The zero-order valence-corrected chi connectivity index (χ0v) is 13.3. The summed E-state index contributed by atoms with van der Waals surface area (Å²) in [6.07, 6.45) is 1.05. The summed E-state index contributed by atoms with van der Waals surface area (Å²) >= 11 is 3.30. The van der Waals surface area contributed by atoms with E-state index in [1.165, 1.54) is 0 Å². The number of rotatable bonds is 6. The predicted octanol–water partition coefficient (Wildman–Crippen LogP) is 0.191. The van der Waals surface area contributed by atoms with Gasteiger partial charge in [0.2, 0.25) is 0 Å². The number of imide groups is 1. The molecule has 120 valence electrons. The molecule has 1 aliphatic heterocycles. The Balaban J connectivity index is 1.77. The number of halogens is 1. The zero-order chi connectivity index (χ0) is 16.8. The van der Waals surface area contributed by atoms with Crippen LogP contribution in [0.5, 0.6) is 0 Å². The molecule has 1 fully saturated rings. The molecule has 0 spiro atoms. The van der Waals surface area contributed by atoms with Gasteiger partial charge >= 0.3 is 6.03 Å². The van der Waals surface area contributed by atoms with Crippen molar-refractivity contribution in [3.8, 4) is 0 Å². The summed E-state index contributed by atoms with van der Waals surface area (Å²) in [5, 5.41) is 18.1. The van der Waals surface area contributed by atoms with Gasteiger partial charge in [-0.3, -0.25) is 25.7 Å². The van der Waals surface area contributed by atoms with Crippen molar-refractivity contribution < 1.29 is 14.4 Å². The van der Waals surface area contributed by atoms with Crippen LogP contribution in [0.25, 0.3) is 0 Å². The van der Waals surface area contributed by atoms with Gasteiger partial charge in [-0.15, -0.1) is 0 Å². The van der Waals surface area contributed by atoms with E-state index >= 15 is 0 Å². The monoisotopic (exact) mass is 380 g/mol. The fourth-order valence-corrected chi connectivity index (χ4v) is 1.91. The highest BCUT2D eigenvalue weighted by Gasteiger charge is 2.29. The average molecular weight is 381 g/mol. The number of hydrazone groups is 1. The second-order valence-corrected chi connectivity index (χ2v) is 5.43. The number of benzene rings is 1. The van der Waals surface area contributed by atoms with Gasteiger partial charge in [0.1, 0.15) is 11.8 Å². The van der Waals surface area contributed by atoms with Crippen molar-refractivity contribution in [2.45, 2.75) is 6.04 Å². The SMILES string of the molecule is N=C(/C=N\Nc1ccc(Br)cc1)C(=O)NC[C@H]1NC(=O)NC1=O. The molecule has 10 heteroatoms. The van der Waals surface area contributed by atoms with Gasteiger partial charge in [-0.05, 0) is 24.3 Å². The summed E-state index contributed by atoms with van der Waals surface area (Å²) in [7, 11) is 0. The number of amides is 4. The van der Waals surface area contributed by atoms with Gasteiger partial charge in [0.05, 0.1) is 11.9 Å². The predicted molar refractivity (Wildman–Crippen MR) is 87.5 cm³/mol. The summed E-state index contributed by atoms with van der Waals surface area (Å²) in [5.74, 6) is -1.23. The summed E-state index contributed by atoms with van der Waals surface area (Å²) in [4.78, 5) is 33.9. The third-order valence-electron chi connectivity index (χ3n) is 2.80. The first-order valence-electron chi connectivity index (χ1n) is 6.48. The minimum atomic E-state index is -0.836. The first-order valence-corrected chi connectivity index (χ1v) is 7.28. The third-order valence-corrected chi connectivity index (χ3v) is 3.33. The number of nitrogens with zero attached hydrogens (tertiary/aromatic N) is 1. The van der Waals surface area contributed by atoms with Crippen LogP contribution in [0.2, 0.25) is 0 Å². The summed E-state index contributed by atoms with van der Waals surface area (Å²) in [6, 6.07) is 5.73. The van der Waals surface area contributed by atoms with Crippen molar-refractivity contribution in [1.82, 2.24) is 16.0 Å². The highest BCUT2D eigenvalue weighted by atomic mass is 79.9. The van der Waals surface area contributed by atoms with Gasteiger partial charge < -0.3 is 10.6 Å². The molecule has 1 aliphatic rings. The van der Waals surface area contributed by atoms with Crippen molar-refractivity contribution >= 4 is 51.4 Å². The van der Waals surface area contributed by atoms with Crippen LogP contribution in [-0.2, 0) is 9.59 Å². The van der Waals surface area contributed by atoms with Gasteiger partial charge in [-0.2, -0.15) is 5.10 Å². The average Bonchev–Trinajstić information content (AvgIpc) is 2.84. The molecule has 9 nitrogen and oxygen atoms in total. The fraction of sp³-hybridized carbons (Fsp3) is 0.154. The minimum absolute atomic E-state index is 0.104. The molecular formula is C13H13BrN6O3. The van der Waals surface area contributed by atoms with E-state index in [4.69, 9.17) is 5.41 Å². The Bertz CT molecular complexity index is 673. The van der Waals surface area contributed by atoms with E-state index < -0.39 is 23.9 Å². The normalized spacial score (nSPS) is 16.8. The van der Waals surface area contributed by atoms with E-state index in [0.29, 0.717) is 5.69 Å². The maximum absolute atomic E-state index is 11.7. The smallest absolute Gasteiger partial charge is 0.322 e. The van der Waals surface area contributed by atoms with Crippen LogP contribution in [0.15, 0.2) is 33.8 Å². The summed E-state index contributed by atoms with van der Waals surface area (Å²) in [5.41, 5.74) is 2.98. The molecule has 0 bridgehead atoms. The lowest BCUT2D eigenvalue weighted by Crippen LogP contribution is -2.43. The van der Waals surface area contributed by atoms with E-state index in [-0.39, 0.29) is 12.3 Å². The maximum atomic E-state index is 11.7. The van der Waals surface area contributed by atoms with Gasteiger partial charge in [0, 0.05) is 11.0 Å². The molecular weight excluding hydrogens is 368 g/mol. The molecule has 5 N–H and O–H groups in total. The Morgan fingerprint density at radius 1 is 1.35 bits per heavy atom. The molecule has 2 rings (SSSR count). The van der Waals surface area contributed by atoms with Gasteiger partial charge in [-0.25, -0.2) is 4.79 Å². The molecule has 0 aliphatic carbocycles. The van der Waals surface area contributed by atoms with Gasteiger partial charge in [0.25, 0.3) is 11.8 Å². The second kappa shape index (κ2) is 7.49. The molecule has 1 saturated heterocycles. The number of urea groups is 1. The standard InChI is InChI=1S/C13H13BrN6O3/c14-7-1-3-8(4-2-7)20-17-5-9(15)11(21)16-6-10-12(22)19-13(23)18-10/h1-5,10,15,20H,6H2,(H,16,21)(H2,18,19,22,23)/b15-9?,17-5-/t10-/m1/s1. The molecule has 1 aromatic carbocycles.